The molecule has 1 saturated carbocycles. The van der Waals surface area contributed by atoms with E-state index in [1.165, 1.54) is 5.56 Å². The first-order valence-corrected chi connectivity index (χ1v) is 5.98. The number of nitrogens with two attached hydrogens (primary N) is 1. The van der Waals surface area contributed by atoms with Crippen LogP contribution >= 0.6 is 0 Å². The van der Waals surface area contributed by atoms with Crippen molar-refractivity contribution < 1.29 is 4.79 Å². The number of hydrogen-bond donors (Lipinski definition) is 1. The standard InChI is InChI=1S/C13H16N2O/c14-13(6-7-13)12(16)10-5-1-3-9-4-2-8-15-11(9)10/h2,4,8,10H,1,3,5-7,14H2. The first-order valence-electron chi connectivity index (χ1n) is 5.98. The van der Waals surface area contributed by atoms with Gasteiger partial charge in [0.2, 0.25) is 0 Å². The zero-order chi connectivity index (χ0) is 11.2. The minimum Gasteiger partial charge on any atom is -0.319 e. The third kappa shape index (κ3) is 1.47. The second kappa shape index (κ2) is 3.39. The SMILES string of the molecule is NC1(C(=O)C2CCCc3cccnc32)CC1. The molecule has 0 aromatic carbocycles. The van der Waals surface area contributed by atoms with Gasteiger partial charge in [-0.05, 0) is 43.7 Å². The highest BCUT2D eigenvalue weighted by Crippen LogP contribution is 2.41. The Morgan fingerprint density at radius 3 is 3.06 bits per heavy atom. The highest BCUT2D eigenvalue weighted by molar-refractivity contribution is 5.96. The van der Waals surface area contributed by atoms with Crippen LogP contribution < -0.4 is 5.73 Å². The Balaban J connectivity index is 1.95. The van der Waals surface area contributed by atoms with Crippen LogP contribution in [0.1, 0.15) is 42.9 Å². The summed E-state index contributed by atoms with van der Waals surface area (Å²) in [5.74, 6) is 0.171. The molecule has 0 bridgehead atoms. The molecule has 2 N–H and O–H groups in total. The molecule has 3 nitrogen and oxygen atoms in total. The third-order valence-electron chi connectivity index (χ3n) is 3.79. The van der Waals surface area contributed by atoms with Gasteiger partial charge in [-0.2, -0.15) is 0 Å². The lowest BCUT2D eigenvalue weighted by Gasteiger charge is -2.25. The number of rotatable bonds is 2. The molecule has 1 aromatic heterocycles. The molecule has 0 radical (unpaired) electrons. The van der Waals surface area contributed by atoms with E-state index in [1.54, 1.807) is 6.20 Å². The predicted octanol–water partition coefficient (Wildman–Crippen LogP) is 1.56. The molecule has 0 aliphatic heterocycles. The van der Waals surface area contributed by atoms with Crippen LogP contribution in [0, 0.1) is 0 Å². The van der Waals surface area contributed by atoms with Crippen LogP contribution in [-0.4, -0.2) is 16.3 Å². The van der Waals surface area contributed by atoms with Crippen molar-refractivity contribution >= 4 is 5.78 Å². The van der Waals surface area contributed by atoms with Crippen LogP contribution in [-0.2, 0) is 11.2 Å². The van der Waals surface area contributed by atoms with Gasteiger partial charge < -0.3 is 5.73 Å². The van der Waals surface area contributed by atoms with Crippen molar-refractivity contribution in [2.75, 3.05) is 0 Å². The van der Waals surface area contributed by atoms with E-state index in [2.05, 4.69) is 11.1 Å². The smallest absolute Gasteiger partial charge is 0.161 e. The van der Waals surface area contributed by atoms with E-state index in [1.807, 2.05) is 6.07 Å². The number of nitrogens with zero attached hydrogens (tertiary/aromatic N) is 1. The molecular formula is C13H16N2O. The second-order valence-electron chi connectivity index (χ2n) is 5.01. The maximum absolute atomic E-state index is 12.3. The first kappa shape index (κ1) is 9.97. The number of pyridine rings is 1. The van der Waals surface area contributed by atoms with E-state index in [0.29, 0.717) is 0 Å². The molecular weight excluding hydrogens is 200 g/mol. The molecule has 1 heterocycles. The van der Waals surface area contributed by atoms with Crippen molar-refractivity contribution in [1.29, 1.82) is 0 Å². The molecule has 2 aliphatic rings. The van der Waals surface area contributed by atoms with Crippen LogP contribution in [0.5, 0.6) is 0 Å². The molecule has 84 valence electrons. The first-order chi connectivity index (χ1) is 7.71. The van der Waals surface area contributed by atoms with E-state index in [9.17, 15) is 4.79 Å². The molecule has 1 unspecified atom stereocenters. The molecule has 0 spiro atoms. The van der Waals surface area contributed by atoms with Crippen LogP contribution in [0.2, 0.25) is 0 Å². The number of aryl methyl sites for hydroxylation is 1. The zero-order valence-electron chi connectivity index (χ0n) is 9.28. The summed E-state index contributed by atoms with van der Waals surface area (Å²) in [5.41, 5.74) is 7.70. The minimum absolute atomic E-state index is 0.0440. The summed E-state index contributed by atoms with van der Waals surface area (Å²) in [7, 11) is 0. The maximum Gasteiger partial charge on any atom is 0.161 e. The molecule has 0 saturated heterocycles. The molecule has 1 aromatic rings. The molecule has 1 fully saturated rings. The van der Waals surface area contributed by atoms with E-state index in [-0.39, 0.29) is 11.7 Å². The molecule has 3 heteroatoms. The van der Waals surface area contributed by atoms with Gasteiger partial charge >= 0.3 is 0 Å². The number of Topliss-reactive ketones (excluding diaryl/α,β-unsaturated/α-hetero) is 1. The lowest BCUT2D eigenvalue weighted by molar-refractivity contribution is -0.123. The fourth-order valence-electron chi connectivity index (χ4n) is 2.59. The summed E-state index contributed by atoms with van der Waals surface area (Å²) in [6.07, 6.45) is 6.52. The van der Waals surface area contributed by atoms with Crippen molar-refractivity contribution in [2.24, 2.45) is 5.73 Å². The summed E-state index contributed by atoms with van der Waals surface area (Å²) in [6.45, 7) is 0. The molecule has 16 heavy (non-hydrogen) atoms. The van der Waals surface area contributed by atoms with Gasteiger partial charge in [-0.15, -0.1) is 0 Å². The Bertz CT molecular complexity index is 437. The molecule has 1 atom stereocenters. The monoisotopic (exact) mass is 216 g/mol. The van der Waals surface area contributed by atoms with Crippen molar-refractivity contribution in [3.05, 3.63) is 29.6 Å². The van der Waals surface area contributed by atoms with E-state index in [0.717, 1.165) is 37.8 Å². The van der Waals surface area contributed by atoms with Gasteiger partial charge in [0.05, 0.1) is 17.2 Å². The van der Waals surface area contributed by atoms with Gasteiger partial charge in [-0.3, -0.25) is 9.78 Å². The van der Waals surface area contributed by atoms with Gasteiger partial charge in [0.15, 0.2) is 5.78 Å². The summed E-state index contributed by atoms with van der Waals surface area (Å²) in [6, 6.07) is 4.03. The average molecular weight is 216 g/mol. The van der Waals surface area contributed by atoms with Crippen LogP contribution in [0.4, 0.5) is 0 Å². The van der Waals surface area contributed by atoms with E-state index in [4.69, 9.17) is 5.73 Å². The fraction of sp³-hybridized carbons (Fsp3) is 0.538. The summed E-state index contributed by atoms with van der Waals surface area (Å²) >= 11 is 0. The van der Waals surface area contributed by atoms with Gasteiger partial charge in [-0.25, -0.2) is 0 Å². The highest BCUT2D eigenvalue weighted by atomic mass is 16.1. The minimum atomic E-state index is -0.517. The summed E-state index contributed by atoms with van der Waals surface area (Å²) in [5, 5.41) is 0. The topological polar surface area (TPSA) is 56.0 Å². The highest BCUT2D eigenvalue weighted by Gasteiger charge is 2.49. The Morgan fingerprint density at radius 1 is 1.50 bits per heavy atom. The van der Waals surface area contributed by atoms with Crippen molar-refractivity contribution in [3.63, 3.8) is 0 Å². The number of hydrogen-bond acceptors (Lipinski definition) is 3. The molecule has 0 amide bonds. The normalized spacial score (nSPS) is 25.9. The van der Waals surface area contributed by atoms with Crippen molar-refractivity contribution in [3.8, 4) is 0 Å². The molecule has 3 rings (SSSR count). The number of aromatic nitrogens is 1. The van der Waals surface area contributed by atoms with Crippen LogP contribution in [0.3, 0.4) is 0 Å². The van der Waals surface area contributed by atoms with Crippen LogP contribution in [0.25, 0.3) is 0 Å². The van der Waals surface area contributed by atoms with E-state index < -0.39 is 5.54 Å². The Morgan fingerprint density at radius 2 is 2.31 bits per heavy atom. The Labute approximate surface area is 95.1 Å². The average Bonchev–Trinajstić information content (AvgIpc) is 3.07. The quantitative estimate of drug-likeness (QED) is 0.816. The van der Waals surface area contributed by atoms with Gasteiger partial charge in [0, 0.05) is 6.20 Å². The van der Waals surface area contributed by atoms with Gasteiger partial charge in [0.1, 0.15) is 0 Å². The second-order valence-corrected chi connectivity index (χ2v) is 5.01. The lowest BCUT2D eigenvalue weighted by atomic mass is 9.81. The van der Waals surface area contributed by atoms with Crippen LogP contribution in [0.15, 0.2) is 18.3 Å². The van der Waals surface area contributed by atoms with Gasteiger partial charge in [-0.1, -0.05) is 6.07 Å². The number of carbonyl (C=O) groups excluding carboxylic acids is 1. The number of carbonyl (C=O) groups is 1. The zero-order valence-corrected chi connectivity index (χ0v) is 9.28. The summed E-state index contributed by atoms with van der Waals surface area (Å²) < 4.78 is 0. The van der Waals surface area contributed by atoms with Crippen molar-refractivity contribution in [1.82, 2.24) is 4.98 Å². The third-order valence-corrected chi connectivity index (χ3v) is 3.79. The fourth-order valence-corrected chi connectivity index (χ4v) is 2.59. The summed E-state index contributed by atoms with van der Waals surface area (Å²) in [4.78, 5) is 16.7. The van der Waals surface area contributed by atoms with Crippen molar-refractivity contribution in [2.45, 2.75) is 43.6 Å². The largest absolute Gasteiger partial charge is 0.319 e. The maximum atomic E-state index is 12.3. The van der Waals surface area contributed by atoms with Gasteiger partial charge in [0.25, 0.3) is 0 Å². The molecule has 2 aliphatic carbocycles. The number of ketones is 1. The van der Waals surface area contributed by atoms with E-state index >= 15 is 0 Å². The predicted molar refractivity (Wildman–Crippen MR) is 61.1 cm³/mol. The Kier molecular flexibility index (Phi) is 2.11. The number of fused-ring (bicyclic) bond motifs is 1. The Hall–Kier alpha value is -1.22. The lowest BCUT2D eigenvalue weighted by Crippen LogP contribution is -2.38.